The van der Waals surface area contributed by atoms with Crippen molar-refractivity contribution in [3.05, 3.63) is 92.9 Å². The van der Waals surface area contributed by atoms with Crippen molar-refractivity contribution in [3.63, 3.8) is 0 Å². The minimum atomic E-state index is 0.358. The fraction of sp³-hybridized carbons (Fsp3) is 0.0500. The Hall–Kier alpha value is -2.20. The number of benzene rings is 3. The van der Waals surface area contributed by atoms with Crippen LogP contribution in [-0.2, 0) is 6.61 Å². The first kappa shape index (κ1) is 18.6. The molecular formula is C20H15Cl3N2O. The average molecular weight is 406 g/mol. The molecule has 0 radical (unpaired) electrons. The van der Waals surface area contributed by atoms with Gasteiger partial charge in [-0.25, -0.2) is 0 Å². The summed E-state index contributed by atoms with van der Waals surface area (Å²) in [5.74, 6) is 0.725. The van der Waals surface area contributed by atoms with E-state index in [0.29, 0.717) is 21.7 Å². The molecule has 0 heterocycles. The summed E-state index contributed by atoms with van der Waals surface area (Å²) in [6, 6.07) is 20.3. The molecule has 0 aromatic heterocycles. The van der Waals surface area contributed by atoms with Crippen LogP contribution in [0.1, 0.15) is 11.1 Å². The summed E-state index contributed by atoms with van der Waals surface area (Å²) < 4.78 is 5.81. The second-order valence-corrected chi connectivity index (χ2v) is 6.76. The van der Waals surface area contributed by atoms with E-state index in [1.54, 1.807) is 24.4 Å². The highest BCUT2D eigenvalue weighted by atomic mass is 35.5. The van der Waals surface area contributed by atoms with Crippen LogP contribution >= 0.6 is 34.8 Å². The minimum absolute atomic E-state index is 0.358. The van der Waals surface area contributed by atoms with Gasteiger partial charge in [-0.3, -0.25) is 5.43 Å². The smallest absolute Gasteiger partial charge is 0.120 e. The van der Waals surface area contributed by atoms with Gasteiger partial charge in [0.2, 0.25) is 0 Å². The molecular weight excluding hydrogens is 391 g/mol. The Bertz CT molecular complexity index is 928. The molecule has 132 valence electrons. The molecule has 0 saturated heterocycles. The van der Waals surface area contributed by atoms with E-state index < -0.39 is 0 Å². The highest BCUT2D eigenvalue weighted by Gasteiger charge is 2.03. The van der Waals surface area contributed by atoms with Crippen LogP contribution in [0.5, 0.6) is 5.75 Å². The molecule has 0 aliphatic rings. The molecule has 1 N–H and O–H groups in total. The van der Waals surface area contributed by atoms with Gasteiger partial charge in [-0.2, -0.15) is 5.10 Å². The van der Waals surface area contributed by atoms with Crippen molar-refractivity contribution < 1.29 is 4.74 Å². The van der Waals surface area contributed by atoms with Crippen LogP contribution in [0.15, 0.2) is 71.8 Å². The first-order valence-corrected chi connectivity index (χ1v) is 8.95. The van der Waals surface area contributed by atoms with Crippen LogP contribution in [-0.4, -0.2) is 6.21 Å². The predicted molar refractivity (Wildman–Crippen MR) is 110 cm³/mol. The zero-order valence-corrected chi connectivity index (χ0v) is 15.9. The standard InChI is InChI=1S/C20H15Cl3N2O/c21-16-4-2-5-18(10-16)25-24-12-14-3-1-6-19(9-14)26-13-15-7-8-17(22)11-20(15)23/h1-12,25H,13H2. The Morgan fingerprint density at radius 3 is 2.50 bits per heavy atom. The van der Waals surface area contributed by atoms with Gasteiger partial charge < -0.3 is 4.74 Å². The van der Waals surface area contributed by atoms with Crippen molar-refractivity contribution in [1.82, 2.24) is 0 Å². The summed E-state index contributed by atoms with van der Waals surface area (Å²) in [5, 5.41) is 6.05. The maximum atomic E-state index is 6.16. The first-order valence-electron chi connectivity index (χ1n) is 7.81. The summed E-state index contributed by atoms with van der Waals surface area (Å²) in [4.78, 5) is 0. The molecule has 0 saturated carbocycles. The van der Waals surface area contributed by atoms with Crippen molar-refractivity contribution in [1.29, 1.82) is 0 Å². The number of hydrazone groups is 1. The summed E-state index contributed by atoms with van der Waals surface area (Å²) in [6.45, 7) is 0.358. The maximum absolute atomic E-state index is 6.16. The Morgan fingerprint density at radius 1 is 0.885 bits per heavy atom. The molecule has 6 heteroatoms. The summed E-state index contributed by atoms with van der Waals surface area (Å²) in [6.07, 6.45) is 1.71. The van der Waals surface area contributed by atoms with Gasteiger partial charge in [0.25, 0.3) is 0 Å². The minimum Gasteiger partial charge on any atom is -0.489 e. The Kier molecular flexibility index (Phi) is 6.40. The molecule has 0 aliphatic heterocycles. The van der Waals surface area contributed by atoms with E-state index in [2.05, 4.69) is 10.5 Å². The van der Waals surface area contributed by atoms with Crippen LogP contribution in [0.2, 0.25) is 15.1 Å². The van der Waals surface area contributed by atoms with E-state index in [1.807, 2.05) is 48.5 Å². The van der Waals surface area contributed by atoms with Gasteiger partial charge in [0.1, 0.15) is 12.4 Å². The quantitative estimate of drug-likeness (QED) is 0.367. The SMILES string of the molecule is Clc1cccc(NN=Cc2cccc(OCc3ccc(Cl)cc3Cl)c2)c1. The predicted octanol–water partition coefficient (Wildman–Crippen LogP) is 6.67. The topological polar surface area (TPSA) is 33.6 Å². The molecule has 0 spiro atoms. The number of nitrogens with zero attached hydrogens (tertiary/aromatic N) is 1. The summed E-state index contributed by atoms with van der Waals surface area (Å²) in [7, 11) is 0. The van der Waals surface area contributed by atoms with E-state index in [4.69, 9.17) is 39.5 Å². The fourth-order valence-electron chi connectivity index (χ4n) is 2.22. The van der Waals surface area contributed by atoms with Crippen LogP contribution in [0.25, 0.3) is 0 Å². The first-order chi connectivity index (χ1) is 12.6. The van der Waals surface area contributed by atoms with Crippen LogP contribution < -0.4 is 10.2 Å². The Morgan fingerprint density at radius 2 is 1.69 bits per heavy atom. The van der Waals surface area contributed by atoms with Crippen molar-refractivity contribution in [3.8, 4) is 5.75 Å². The van der Waals surface area contributed by atoms with Crippen LogP contribution in [0.3, 0.4) is 0 Å². The van der Waals surface area contributed by atoms with Gasteiger partial charge in [0.15, 0.2) is 0 Å². The zero-order chi connectivity index (χ0) is 18.4. The van der Waals surface area contributed by atoms with Crippen molar-refractivity contribution in [2.24, 2.45) is 5.10 Å². The van der Waals surface area contributed by atoms with Gasteiger partial charge in [0.05, 0.1) is 11.9 Å². The highest BCUT2D eigenvalue weighted by molar-refractivity contribution is 6.35. The molecule has 3 aromatic rings. The second kappa shape index (κ2) is 8.95. The number of hydrogen-bond acceptors (Lipinski definition) is 3. The normalized spacial score (nSPS) is 10.9. The van der Waals surface area contributed by atoms with E-state index in [-0.39, 0.29) is 0 Å². The van der Waals surface area contributed by atoms with Gasteiger partial charge in [-0.05, 0) is 48.0 Å². The molecule has 0 amide bonds. The van der Waals surface area contributed by atoms with Crippen molar-refractivity contribution in [2.75, 3.05) is 5.43 Å². The lowest BCUT2D eigenvalue weighted by Crippen LogP contribution is -1.97. The number of ether oxygens (including phenoxy) is 1. The molecule has 3 aromatic carbocycles. The average Bonchev–Trinajstić information content (AvgIpc) is 2.61. The molecule has 3 rings (SSSR count). The largest absolute Gasteiger partial charge is 0.489 e. The van der Waals surface area contributed by atoms with Crippen LogP contribution in [0.4, 0.5) is 5.69 Å². The number of rotatable bonds is 6. The summed E-state index contributed by atoms with van der Waals surface area (Å²) in [5.41, 5.74) is 5.53. The lowest BCUT2D eigenvalue weighted by atomic mass is 10.2. The lowest BCUT2D eigenvalue weighted by molar-refractivity contribution is 0.306. The number of nitrogens with one attached hydrogen (secondary N) is 1. The fourth-order valence-corrected chi connectivity index (χ4v) is 2.88. The van der Waals surface area contributed by atoms with Crippen molar-refractivity contribution in [2.45, 2.75) is 6.61 Å². The van der Waals surface area contributed by atoms with Gasteiger partial charge in [-0.15, -0.1) is 0 Å². The van der Waals surface area contributed by atoms with E-state index >= 15 is 0 Å². The van der Waals surface area contributed by atoms with Crippen molar-refractivity contribution >= 4 is 46.7 Å². The third kappa shape index (κ3) is 5.40. The van der Waals surface area contributed by atoms with E-state index in [0.717, 1.165) is 22.6 Å². The van der Waals surface area contributed by atoms with Gasteiger partial charge in [0, 0.05) is 20.6 Å². The monoisotopic (exact) mass is 404 g/mol. The molecule has 0 bridgehead atoms. The van der Waals surface area contributed by atoms with Gasteiger partial charge in [-0.1, -0.05) is 59.1 Å². The van der Waals surface area contributed by atoms with Gasteiger partial charge >= 0.3 is 0 Å². The third-order valence-electron chi connectivity index (χ3n) is 3.50. The number of anilines is 1. The van der Waals surface area contributed by atoms with E-state index in [9.17, 15) is 0 Å². The molecule has 0 aliphatic carbocycles. The van der Waals surface area contributed by atoms with E-state index in [1.165, 1.54) is 0 Å². The molecule has 3 nitrogen and oxygen atoms in total. The molecule has 26 heavy (non-hydrogen) atoms. The Labute approximate surface area is 167 Å². The molecule has 0 atom stereocenters. The number of hydrogen-bond donors (Lipinski definition) is 1. The number of halogens is 3. The Balaban J connectivity index is 1.61. The van der Waals surface area contributed by atoms with Crippen LogP contribution in [0, 0.1) is 0 Å². The molecule has 0 fully saturated rings. The highest BCUT2D eigenvalue weighted by Crippen LogP contribution is 2.23. The third-order valence-corrected chi connectivity index (χ3v) is 4.32. The lowest BCUT2D eigenvalue weighted by Gasteiger charge is -2.08. The molecule has 0 unspecified atom stereocenters. The summed E-state index contributed by atoms with van der Waals surface area (Å²) >= 11 is 18.0. The zero-order valence-electron chi connectivity index (χ0n) is 13.6. The second-order valence-electron chi connectivity index (χ2n) is 5.48. The maximum Gasteiger partial charge on any atom is 0.120 e.